The number of rotatable bonds is 4. The number of aryl methyl sites for hydroxylation is 1. The number of hydrogen-bond donors (Lipinski definition) is 1. The topological polar surface area (TPSA) is 70.7 Å². The molecular formula is C26H21ClN4O2S. The average Bonchev–Trinajstić information content (AvgIpc) is 3.37. The summed E-state index contributed by atoms with van der Waals surface area (Å²) in [4.78, 5) is 18.9. The van der Waals surface area contributed by atoms with Crippen LogP contribution < -0.4 is 4.74 Å². The fourth-order valence-electron chi connectivity index (χ4n) is 4.20. The number of thioether (sulfide) groups is 1. The van der Waals surface area contributed by atoms with Crippen LogP contribution in [-0.4, -0.2) is 33.5 Å². The van der Waals surface area contributed by atoms with Gasteiger partial charge in [-0.15, -0.1) is 0 Å². The van der Waals surface area contributed by atoms with Gasteiger partial charge in [0.2, 0.25) is 0 Å². The molecule has 0 spiro atoms. The van der Waals surface area contributed by atoms with Crippen molar-refractivity contribution in [3.8, 4) is 11.4 Å². The summed E-state index contributed by atoms with van der Waals surface area (Å²) in [5.41, 5.74) is 5.69. The van der Waals surface area contributed by atoms with Crippen LogP contribution in [0.3, 0.4) is 0 Å². The highest BCUT2D eigenvalue weighted by molar-refractivity contribution is 8.17. The third-order valence-electron chi connectivity index (χ3n) is 5.85. The van der Waals surface area contributed by atoms with Gasteiger partial charge in [0, 0.05) is 22.5 Å². The molecule has 0 radical (unpaired) electrons. The standard InChI is InChI=1S/C26H21ClN4O2S/c1-15-11-18(16(2)30(15)19-9-10-23(33-3)21(27)13-19)12-20-24(28)31-22(17-7-5-4-6-8-17)14-34-26(31)29-25(20)32/h4-14,28H,1-3H3. The number of carbonyl (C=O) groups excluding carboxylic acids is 1. The van der Waals surface area contributed by atoms with Gasteiger partial charge in [-0.3, -0.25) is 15.1 Å². The second-order valence-corrected chi connectivity index (χ2v) is 9.15. The number of nitrogens with zero attached hydrogens (tertiary/aromatic N) is 3. The minimum atomic E-state index is -0.413. The molecular weight excluding hydrogens is 468 g/mol. The van der Waals surface area contributed by atoms with Crippen molar-refractivity contribution < 1.29 is 9.53 Å². The molecule has 1 aromatic heterocycles. The summed E-state index contributed by atoms with van der Waals surface area (Å²) in [5.74, 6) is 0.312. The molecule has 0 fully saturated rings. The molecule has 1 N–H and O–H groups in total. The Morgan fingerprint density at radius 2 is 1.88 bits per heavy atom. The second-order valence-electron chi connectivity index (χ2n) is 7.91. The number of nitrogens with one attached hydrogen (secondary N) is 1. The monoisotopic (exact) mass is 488 g/mol. The van der Waals surface area contributed by atoms with Crippen LogP contribution in [0.4, 0.5) is 0 Å². The largest absolute Gasteiger partial charge is 0.495 e. The van der Waals surface area contributed by atoms with Gasteiger partial charge in [0.1, 0.15) is 11.6 Å². The summed E-state index contributed by atoms with van der Waals surface area (Å²) in [5, 5.41) is 11.8. The van der Waals surface area contributed by atoms with Crippen LogP contribution in [0.1, 0.15) is 22.5 Å². The van der Waals surface area contributed by atoms with Gasteiger partial charge < -0.3 is 9.30 Å². The summed E-state index contributed by atoms with van der Waals surface area (Å²) in [6.45, 7) is 3.97. The van der Waals surface area contributed by atoms with Gasteiger partial charge in [-0.25, -0.2) is 0 Å². The van der Waals surface area contributed by atoms with E-state index in [-0.39, 0.29) is 11.4 Å². The van der Waals surface area contributed by atoms with E-state index in [0.717, 1.165) is 33.9 Å². The van der Waals surface area contributed by atoms with E-state index >= 15 is 0 Å². The first kappa shape index (κ1) is 22.3. The molecule has 0 atom stereocenters. The van der Waals surface area contributed by atoms with Crippen LogP contribution in [0, 0.1) is 19.3 Å². The number of methoxy groups -OCH3 is 1. The van der Waals surface area contributed by atoms with Gasteiger partial charge in [-0.1, -0.05) is 53.7 Å². The molecule has 34 heavy (non-hydrogen) atoms. The third-order valence-corrected chi connectivity index (χ3v) is 6.97. The van der Waals surface area contributed by atoms with Crippen LogP contribution in [-0.2, 0) is 4.79 Å². The van der Waals surface area contributed by atoms with E-state index in [1.54, 1.807) is 18.1 Å². The van der Waals surface area contributed by atoms with Crippen molar-refractivity contribution in [2.75, 3.05) is 7.11 Å². The molecule has 2 aliphatic rings. The number of amidine groups is 2. The number of aliphatic imine (C=N–C) groups is 1. The molecule has 0 aliphatic carbocycles. The van der Waals surface area contributed by atoms with E-state index in [1.807, 2.05) is 73.9 Å². The number of ether oxygens (including phenoxy) is 1. The molecule has 0 saturated carbocycles. The zero-order chi connectivity index (χ0) is 24.0. The smallest absolute Gasteiger partial charge is 0.283 e. The summed E-state index contributed by atoms with van der Waals surface area (Å²) >= 11 is 7.70. The Balaban J connectivity index is 1.54. The van der Waals surface area contributed by atoms with Crippen LogP contribution in [0.2, 0.25) is 5.02 Å². The number of hydrogen-bond acceptors (Lipinski definition) is 4. The average molecular weight is 489 g/mol. The van der Waals surface area contributed by atoms with Gasteiger partial charge >= 0.3 is 0 Å². The molecule has 170 valence electrons. The normalized spacial score (nSPS) is 16.6. The highest BCUT2D eigenvalue weighted by Crippen LogP contribution is 2.38. The van der Waals surface area contributed by atoms with Gasteiger partial charge in [-0.05, 0) is 55.3 Å². The zero-order valence-corrected chi connectivity index (χ0v) is 20.4. The molecule has 5 rings (SSSR count). The number of amides is 1. The van der Waals surface area contributed by atoms with E-state index < -0.39 is 5.91 Å². The van der Waals surface area contributed by atoms with Crippen molar-refractivity contribution in [1.29, 1.82) is 5.41 Å². The van der Waals surface area contributed by atoms with Crippen molar-refractivity contribution >= 4 is 52.0 Å². The predicted molar refractivity (Wildman–Crippen MR) is 139 cm³/mol. The number of carbonyl (C=O) groups is 1. The van der Waals surface area contributed by atoms with E-state index in [9.17, 15) is 4.79 Å². The van der Waals surface area contributed by atoms with Gasteiger partial charge in [0.05, 0.1) is 23.4 Å². The molecule has 3 heterocycles. The van der Waals surface area contributed by atoms with Crippen molar-refractivity contribution in [1.82, 2.24) is 9.47 Å². The number of fused-ring (bicyclic) bond motifs is 1. The van der Waals surface area contributed by atoms with Crippen LogP contribution in [0.25, 0.3) is 17.5 Å². The lowest BCUT2D eigenvalue weighted by atomic mass is 10.1. The van der Waals surface area contributed by atoms with E-state index in [1.165, 1.54) is 11.8 Å². The Bertz CT molecular complexity index is 1440. The minimum absolute atomic E-state index is 0.118. The maximum Gasteiger partial charge on any atom is 0.283 e. The fraction of sp³-hybridized carbons (Fsp3) is 0.115. The van der Waals surface area contributed by atoms with Crippen LogP contribution in [0.5, 0.6) is 5.75 Å². The van der Waals surface area contributed by atoms with Crippen molar-refractivity contribution in [3.05, 3.63) is 93.1 Å². The van der Waals surface area contributed by atoms with E-state index in [4.69, 9.17) is 21.7 Å². The van der Waals surface area contributed by atoms with Gasteiger partial charge in [-0.2, -0.15) is 4.99 Å². The molecule has 8 heteroatoms. The number of halogens is 1. The first-order chi connectivity index (χ1) is 16.4. The second kappa shape index (κ2) is 8.66. The fourth-order valence-corrected chi connectivity index (χ4v) is 5.34. The molecule has 2 aliphatic heterocycles. The zero-order valence-electron chi connectivity index (χ0n) is 18.8. The lowest BCUT2D eigenvalue weighted by Crippen LogP contribution is -2.38. The van der Waals surface area contributed by atoms with Crippen LogP contribution in [0.15, 0.2) is 70.6 Å². The Morgan fingerprint density at radius 1 is 1.12 bits per heavy atom. The van der Waals surface area contributed by atoms with Crippen molar-refractivity contribution in [2.24, 2.45) is 4.99 Å². The third kappa shape index (κ3) is 3.67. The lowest BCUT2D eigenvalue weighted by Gasteiger charge is -2.26. The number of aromatic nitrogens is 1. The van der Waals surface area contributed by atoms with Gasteiger partial charge in [0.15, 0.2) is 5.17 Å². The maximum atomic E-state index is 12.9. The highest BCUT2D eigenvalue weighted by Gasteiger charge is 2.36. The Labute approximate surface area is 206 Å². The number of benzene rings is 2. The summed E-state index contributed by atoms with van der Waals surface area (Å²) in [6, 6.07) is 17.4. The van der Waals surface area contributed by atoms with E-state index in [2.05, 4.69) is 9.56 Å². The van der Waals surface area contributed by atoms with Crippen molar-refractivity contribution in [2.45, 2.75) is 13.8 Å². The van der Waals surface area contributed by atoms with E-state index in [0.29, 0.717) is 15.9 Å². The summed E-state index contributed by atoms with van der Waals surface area (Å²) in [7, 11) is 1.58. The Hall–Kier alpha value is -3.55. The Morgan fingerprint density at radius 3 is 2.59 bits per heavy atom. The molecule has 6 nitrogen and oxygen atoms in total. The lowest BCUT2D eigenvalue weighted by molar-refractivity contribution is -0.114. The molecule has 2 aromatic carbocycles. The van der Waals surface area contributed by atoms with Crippen LogP contribution >= 0.6 is 23.4 Å². The van der Waals surface area contributed by atoms with Crippen molar-refractivity contribution in [3.63, 3.8) is 0 Å². The molecule has 0 unspecified atom stereocenters. The van der Waals surface area contributed by atoms with Gasteiger partial charge in [0.25, 0.3) is 5.91 Å². The summed E-state index contributed by atoms with van der Waals surface area (Å²) < 4.78 is 7.33. The molecule has 1 amide bonds. The maximum absolute atomic E-state index is 12.9. The SMILES string of the molecule is COc1ccc(-n2c(C)cc(C=C3C(=N)N4C(c5ccccc5)=CSC4=NC3=O)c2C)cc1Cl. The quantitative estimate of drug-likeness (QED) is 0.453. The highest BCUT2D eigenvalue weighted by atomic mass is 35.5. The first-order valence-corrected chi connectivity index (χ1v) is 11.8. The molecule has 0 bridgehead atoms. The molecule has 3 aromatic rings. The Kier molecular flexibility index (Phi) is 5.67. The first-order valence-electron chi connectivity index (χ1n) is 10.6. The molecule has 0 saturated heterocycles. The minimum Gasteiger partial charge on any atom is -0.495 e. The predicted octanol–water partition coefficient (Wildman–Crippen LogP) is 6.06. The summed E-state index contributed by atoms with van der Waals surface area (Å²) in [6.07, 6.45) is 1.75.